The topological polar surface area (TPSA) is 41.0 Å². The molecule has 3 rings (SSSR count). The Morgan fingerprint density at radius 3 is 2.88 bits per heavy atom. The SMILES string of the molecule is Cc1ccc(N2CC3CNCC3C2C)nn1. The fraction of sp³-hybridized carbons (Fsp3) is 0.667. The smallest absolute Gasteiger partial charge is 0.151 e. The van der Waals surface area contributed by atoms with E-state index in [1.54, 1.807) is 0 Å². The zero-order valence-corrected chi connectivity index (χ0v) is 9.85. The van der Waals surface area contributed by atoms with Crippen LogP contribution in [0.4, 0.5) is 5.82 Å². The lowest BCUT2D eigenvalue weighted by Gasteiger charge is -2.24. The molecule has 2 aliphatic rings. The number of fused-ring (bicyclic) bond motifs is 1. The summed E-state index contributed by atoms with van der Waals surface area (Å²) in [4.78, 5) is 2.41. The average molecular weight is 218 g/mol. The van der Waals surface area contributed by atoms with Gasteiger partial charge in [-0.05, 0) is 37.8 Å². The molecule has 2 saturated heterocycles. The number of anilines is 1. The molecule has 0 aromatic carbocycles. The van der Waals surface area contributed by atoms with Crippen LogP contribution >= 0.6 is 0 Å². The molecule has 86 valence electrons. The summed E-state index contributed by atoms with van der Waals surface area (Å²) in [6, 6.07) is 4.71. The number of rotatable bonds is 1. The van der Waals surface area contributed by atoms with Crippen LogP contribution in [0, 0.1) is 18.8 Å². The van der Waals surface area contributed by atoms with E-state index in [1.165, 1.54) is 0 Å². The summed E-state index contributed by atoms with van der Waals surface area (Å²) in [6.45, 7) is 7.71. The van der Waals surface area contributed by atoms with Crippen LogP contribution in [-0.4, -0.2) is 35.9 Å². The zero-order valence-electron chi connectivity index (χ0n) is 9.85. The van der Waals surface area contributed by atoms with Gasteiger partial charge in [-0.1, -0.05) is 0 Å². The normalized spacial score (nSPS) is 33.1. The van der Waals surface area contributed by atoms with Crippen LogP contribution in [0.5, 0.6) is 0 Å². The van der Waals surface area contributed by atoms with Gasteiger partial charge in [-0.25, -0.2) is 0 Å². The molecule has 0 bridgehead atoms. The first-order valence-electron chi connectivity index (χ1n) is 6.03. The van der Waals surface area contributed by atoms with E-state index in [0.717, 1.165) is 43.0 Å². The van der Waals surface area contributed by atoms with Crippen molar-refractivity contribution in [1.82, 2.24) is 15.5 Å². The molecule has 1 aromatic rings. The average Bonchev–Trinajstić information content (AvgIpc) is 2.84. The monoisotopic (exact) mass is 218 g/mol. The Labute approximate surface area is 96.1 Å². The lowest BCUT2D eigenvalue weighted by molar-refractivity contribution is 0.471. The molecule has 1 aromatic heterocycles. The summed E-state index contributed by atoms with van der Waals surface area (Å²) in [5.74, 6) is 2.61. The summed E-state index contributed by atoms with van der Waals surface area (Å²) in [5.41, 5.74) is 0.984. The van der Waals surface area contributed by atoms with E-state index in [4.69, 9.17) is 0 Å². The second kappa shape index (κ2) is 3.70. The van der Waals surface area contributed by atoms with Crippen molar-refractivity contribution in [3.8, 4) is 0 Å². The molecule has 0 saturated carbocycles. The van der Waals surface area contributed by atoms with Gasteiger partial charge < -0.3 is 10.2 Å². The molecule has 2 fully saturated rings. The molecule has 1 N–H and O–H groups in total. The van der Waals surface area contributed by atoms with Gasteiger partial charge in [0.05, 0.1) is 5.69 Å². The van der Waals surface area contributed by atoms with Gasteiger partial charge in [-0.3, -0.25) is 0 Å². The highest BCUT2D eigenvalue weighted by Crippen LogP contribution is 2.34. The van der Waals surface area contributed by atoms with E-state index in [-0.39, 0.29) is 0 Å². The molecular formula is C12H18N4. The van der Waals surface area contributed by atoms with Crippen molar-refractivity contribution >= 4 is 5.82 Å². The van der Waals surface area contributed by atoms with Gasteiger partial charge in [0, 0.05) is 25.7 Å². The van der Waals surface area contributed by atoms with Gasteiger partial charge in [0.15, 0.2) is 5.82 Å². The highest BCUT2D eigenvalue weighted by atomic mass is 15.3. The molecule has 3 unspecified atom stereocenters. The minimum atomic E-state index is 0.581. The second-order valence-corrected chi connectivity index (χ2v) is 5.01. The lowest BCUT2D eigenvalue weighted by Crippen LogP contribution is -2.33. The van der Waals surface area contributed by atoms with E-state index in [9.17, 15) is 0 Å². The largest absolute Gasteiger partial charge is 0.352 e. The third kappa shape index (κ3) is 1.48. The van der Waals surface area contributed by atoms with Crippen LogP contribution in [0.2, 0.25) is 0 Å². The lowest BCUT2D eigenvalue weighted by atomic mass is 9.95. The summed E-state index contributed by atoms with van der Waals surface area (Å²) in [5, 5.41) is 11.9. The molecule has 4 nitrogen and oxygen atoms in total. The number of nitrogens with one attached hydrogen (secondary N) is 1. The van der Waals surface area contributed by atoms with Gasteiger partial charge in [0.25, 0.3) is 0 Å². The van der Waals surface area contributed by atoms with Crippen LogP contribution in [0.25, 0.3) is 0 Å². The van der Waals surface area contributed by atoms with Crippen molar-refractivity contribution in [3.05, 3.63) is 17.8 Å². The number of nitrogens with zero attached hydrogens (tertiary/aromatic N) is 3. The van der Waals surface area contributed by atoms with E-state index in [0.29, 0.717) is 6.04 Å². The summed E-state index contributed by atoms with van der Waals surface area (Å²) in [6.07, 6.45) is 0. The zero-order chi connectivity index (χ0) is 11.1. The van der Waals surface area contributed by atoms with Crippen LogP contribution in [0.1, 0.15) is 12.6 Å². The third-order valence-electron chi connectivity index (χ3n) is 4.01. The molecular weight excluding hydrogens is 200 g/mol. The number of hydrogen-bond acceptors (Lipinski definition) is 4. The van der Waals surface area contributed by atoms with E-state index < -0.39 is 0 Å². The Morgan fingerprint density at radius 1 is 1.31 bits per heavy atom. The summed E-state index contributed by atoms with van der Waals surface area (Å²) in [7, 11) is 0. The Bertz CT molecular complexity index is 375. The van der Waals surface area contributed by atoms with Crippen LogP contribution in [0.3, 0.4) is 0 Å². The first kappa shape index (κ1) is 10.0. The third-order valence-corrected chi connectivity index (χ3v) is 4.01. The molecule has 0 radical (unpaired) electrons. The van der Waals surface area contributed by atoms with Crippen LogP contribution in [0.15, 0.2) is 12.1 Å². The Kier molecular flexibility index (Phi) is 2.32. The molecule has 0 spiro atoms. The minimum Gasteiger partial charge on any atom is -0.352 e. The number of hydrogen-bond donors (Lipinski definition) is 1. The van der Waals surface area contributed by atoms with Gasteiger partial charge in [-0.2, -0.15) is 5.10 Å². The Morgan fingerprint density at radius 2 is 2.19 bits per heavy atom. The Balaban J connectivity index is 1.83. The maximum absolute atomic E-state index is 4.29. The quantitative estimate of drug-likeness (QED) is 0.758. The maximum Gasteiger partial charge on any atom is 0.151 e. The fourth-order valence-corrected chi connectivity index (χ4v) is 3.02. The summed E-state index contributed by atoms with van der Waals surface area (Å²) >= 11 is 0. The van der Waals surface area contributed by atoms with Crippen molar-refractivity contribution in [2.24, 2.45) is 11.8 Å². The van der Waals surface area contributed by atoms with E-state index in [1.807, 2.05) is 13.0 Å². The van der Waals surface area contributed by atoms with Crippen molar-refractivity contribution in [3.63, 3.8) is 0 Å². The van der Waals surface area contributed by atoms with Crippen molar-refractivity contribution in [1.29, 1.82) is 0 Å². The minimum absolute atomic E-state index is 0.581. The fourth-order valence-electron chi connectivity index (χ4n) is 3.02. The predicted molar refractivity (Wildman–Crippen MR) is 63.4 cm³/mol. The Hall–Kier alpha value is -1.16. The predicted octanol–water partition coefficient (Wildman–Crippen LogP) is 0.829. The molecule has 4 heteroatoms. The van der Waals surface area contributed by atoms with Crippen LogP contribution < -0.4 is 10.2 Å². The van der Waals surface area contributed by atoms with Crippen molar-refractivity contribution < 1.29 is 0 Å². The van der Waals surface area contributed by atoms with Crippen molar-refractivity contribution in [2.45, 2.75) is 19.9 Å². The molecule has 0 aliphatic carbocycles. The molecule has 2 aliphatic heterocycles. The molecule has 3 atom stereocenters. The summed E-state index contributed by atoms with van der Waals surface area (Å²) < 4.78 is 0. The van der Waals surface area contributed by atoms with Gasteiger partial charge in [0.1, 0.15) is 0 Å². The number of aromatic nitrogens is 2. The highest BCUT2D eigenvalue weighted by molar-refractivity contribution is 5.41. The highest BCUT2D eigenvalue weighted by Gasteiger charge is 2.42. The molecule has 3 heterocycles. The molecule has 0 amide bonds. The van der Waals surface area contributed by atoms with E-state index >= 15 is 0 Å². The second-order valence-electron chi connectivity index (χ2n) is 5.01. The van der Waals surface area contributed by atoms with Crippen LogP contribution in [-0.2, 0) is 0 Å². The molecule has 16 heavy (non-hydrogen) atoms. The number of aryl methyl sites for hydroxylation is 1. The first-order valence-corrected chi connectivity index (χ1v) is 6.03. The van der Waals surface area contributed by atoms with Gasteiger partial charge in [-0.15, -0.1) is 5.10 Å². The van der Waals surface area contributed by atoms with E-state index in [2.05, 4.69) is 33.4 Å². The standard InChI is InChI=1S/C12H18N4/c1-8-3-4-12(15-14-8)16-7-10-5-13-6-11(10)9(16)2/h3-4,9-11,13H,5-7H2,1-2H3. The maximum atomic E-state index is 4.29. The van der Waals surface area contributed by atoms with Crippen molar-refractivity contribution in [2.75, 3.05) is 24.5 Å². The van der Waals surface area contributed by atoms with Gasteiger partial charge >= 0.3 is 0 Å². The van der Waals surface area contributed by atoms with Gasteiger partial charge in [0.2, 0.25) is 0 Å². The first-order chi connectivity index (χ1) is 7.75.